The average Bonchev–Trinajstić information content (AvgIpc) is 3.26. The first-order chi connectivity index (χ1) is 11.3. The van der Waals surface area contributed by atoms with Crippen LogP contribution in [0, 0.1) is 0 Å². The molecule has 3 rings (SSSR count). The van der Waals surface area contributed by atoms with Crippen LogP contribution in [0.25, 0.3) is 10.6 Å². The number of urea groups is 1. The molecule has 0 unspecified atom stereocenters. The SMILES string of the molecule is O=C(NCCOc1ccc(-c2cccs2)nn1)Nc1cccs1. The summed E-state index contributed by atoms with van der Waals surface area (Å²) in [6.07, 6.45) is 0. The molecular weight excluding hydrogens is 332 g/mol. The van der Waals surface area contributed by atoms with Crippen LogP contribution >= 0.6 is 22.7 Å². The van der Waals surface area contributed by atoms with Gasteiger partial charge in [0.05, 0.1) is 16.4 Å². The van der Waals surface area contributed by atoms with Crippen molar-refractivity contribution in [1.82, 2.24) is 15.5 Å². The van der Waals surface area contributed by atoms with E-state index in [1.165, 1.54) is 11.3 Å². The van der Waals surface area contributed by atoms with Gasteiger partial charge in [0.2, 0.25) is 5.88 Å². The Morgan fingerprint density at radius 2 is 1.96 bits per heavy atom. The lowest BCUT2D eigenvalue weighted by Crippen LogP contribution is -2.32. The van der Waals surface area contributed by atoms with Gasteiger partial charge in [-0.25, -0.2) is 4.79 Å². The van der Waals surface area contributed by atoms with Crippen LogP contribution in [0.1, 0.15) is 0 Å². The number of hydrogen-bond donors (Lipinski definition) is 2. The van der Waals surface area contributed by atoms with Crippen LogP contribution in [-0.2, 0) is 0 Å². The van der Waals surface area contributed by atoms with Crippen LogP contribution in [0.2, 0.25) is 0 Å². The monoisotopic (exact) mass is 346 g/mol. The second kappa shape index (κ2) is 7.70. The summed E-state index contributed by atoms with van der Waals surface area (Å²) in [6.45, 7) is 0.705. The van der Waals surface area contributed by atoms with Crippen molar-refractivity contribution >= 4 is 33.7 Å². The standard InChI is InChI=1S/C15H14N4O2S2/c20-15(17-14-4-2-10-23-14)16-7-8-21-13-6-5-11(18-19-13)12-3-1-9-22-12/h1-6,9-10H,7-8H2,(H2,16,17,20). The number of amides is 2. The van der Waals surface area contributed by atoms with Crippen LogP contribution in [0.5, 0.6) is 5.88 Å². The third-order valence-corrected chi connectivity index (χ3v) is 4.49. The molecule has 23 heavy (non-hydrogen) atoms. The minimum atomic E-state index is -0.254. The first kappa shape index (κ1) is 15.4. The van der Waals surface area contributed by atoms with Crippen molar-refractivity contribution in [2.24, 2.45) is 0 Å². The highest BCUT2D eigenvalue weighted by molar-refractivity contribution is 7.14. The van der Waals surface area contributed by atoms with Gasteiger partial charge < -0.3 is 10.1 Å². The summed E-state index contributed by atoms with van der Waals surface area (Å²) in [5.41, 5.74) is 0.820. The summed E-state index contributed by atoms with van der Waals surface area (Å²) in [7, 11) is 0. The molecule has 3 aromatic heterocycles. The van der Waals surface area contributed by atoms with E-state index in [9.17, 15) is 4.79 Å². The molecule has 3 aromatic rings. The van der Waals surface area contributed by atoms with Crippen molar-refractivity contribution in [3.63, 3.8) is 0 Å². The number of thiophene rings is 2. The summed E-state index contributed by atoms with van der Waals surface area (Å²) in [6, 6.07) is 11.1. The van der Waals surface area contributed by atoms with Gasteiger partial charge >= 0.3 is 6.03 Å². The normalized spacial score (nSPS) is 10.3. The van der Waals surface area contributed by atoms with Gasteiger partial charge in [-0.05, 0) is 35.0 Å². The van der Waals surface area contributed by atoms with E-state index in [0.717, 1.165) is 15.6 Å². The van der Waals surface area contributed by atoms with Gasteiger partial charge in [0.25, 0.3) is 0 Å². The Morgan fingerprint density at radius 1 is 1.09 bits per heavy atom. The predicted molar refractivity (Wildman–Crippen MR) is 92.2 cm³/mol. The largest absolute Gasteiger partial charge is 0.475 e. The summed E-state index contributed by atoms with van der Waals surface area (Å²) in [5, 5.41) is 18.3. The number of anilines is 1. The number of rotatable bonds is 6. The third-order valence-electron chi connectivity index (χ3n) is 2.81. The quantitative estimate of drug-likeness (QED) is 0.670. The Morgan fingerprint density at radius 3 is 2.65 bits per heavy atom. The van der Waals surface area contributed by atoms with Gasteiger partial charge in [0.15, 0.2) is 0 Å². The Kier molecular flexibility index (Phi) is 5.17. The number of ether oxygens (including phenoxy) is 1. The molecular formula is C15H14N4O2S2. The fourth-order valence-electron chi connectivity index (χ4n) is 1.78. The molecule has 0 saturated heterocycles. The molecule has 118 valence electrons. The van der Waals surface area contributed by atoms with Crippen molar-refractivity contribution in [2.75, 3.05) is 18.5 Å². The van der Waals surface area contributed by atoms with Gasteiger partial charge in [0, 0.05) is 6.07 Å². The molecule has 8 heteroatoms. The molecule has 0 aliphatic rings. The van der Waals surface area contributed by atoms with Crippen molar-refractivity contribution < 1.29 is 9.53 Å². The molecule has 3 heterocycles. The molecule has 0 aliphatic heterocycles. The molecule has 2 amide bonds. The van der Waals surface area contributed by atoms with Gasteiger partial charge in [-0.2, -0.15) is 0 Å². The molecule has 0 spiro atoms. The molecule has 6 nitrogen and oxygen atoms in total. The minimum Gasteiger partial charge on any atom is -0.475 e. The lowest BCUT2D eigenvalue weighted by molar-refractivity contribution is 0.246. The molecule has 2 N–H and O–H groups in total. The highest BCUT2D eigenvalue weighted by atomic mass is 32.1. The summed E-state index contributed by atoms with van der Waals surface area (Å²) < 4.78 is 5.45. The predicted octanol–water partition coefficient (Wildman–Crippen LogP) is 3.47. The van der Waals surface area contributed by atoms with Crippen LogP contribution in [0.15, 0.2) is 47.2 Å². The minimum absolute atomic E-state index is 0.254. The second-order valence-corrected chi connectivity index (χ2v) is 6.34. The molecule has 0 aromatic carbocycles. The van der Waals surface area contributed by atoms with E-state index in [1.807, 2.05) is 41.1 Å². The van der Waals surface area contributed by atoms with Crippen molar-refractivity contribution in [3.8, 4) is 16.5 Å². The molecule has 0 fully saturated rings. The first-order valence-corrected chi connectivity index (χ1v) is 8.66. The number of carbonyl (C=O) groups excluding carboxylic acids is 1. The number of nitrogens with zero attached hydrogens (tertiary/aromatic N) is 2. The maximum Gasteiger partial charge on any atom is 0.319 e. The molecule has 0 saturated carbocycles. The maximum atomic E-state index is 11.6. The lowest BCUT2D eigenvalue weighted by Gasteiger charge is -2.07. The average molecular weight is 346 g/mol. The van der Waals surface area contributed by atoms with E-state index in [1.54, 1.807) is 17.4 Å². The zero-order valence-corrected chi connectivity index (χ0v) is 13.7. The van der Waals surface area contributed by atoms with Gasteiger partial charge in [-0.15, -0.1) is 32.9 Å². The highest BCUT2D eigenvalue weighted by Gasteiger charge is 2.04. The maximum absolute atomic E-state index is 11.6. The molecule has 0 bridgehead atoms. The van der Waals surface area contributed by atoms with E-state index in [2.05, 4.69) is 20.8 Å². The van der Waals surface area contributed by atoms with E-state index in [4.69, 9.17) is 4.74 Å². The van der Waals surface area contributed by atoms with Crippen LogP contribution < -0.4 is 15.4 Å². The molecule has 0 aliphatic carbocycles. The van der Waals surface area contributed by atoms with Crippen molar-refractivity contribution in [1.29, 1.82) is 0 Å². The Bertz CT molecular complexity index is 727. The van der Waals surface area contributed by atoms with Crippen LogP contribution in [0.3, 0.4) is 0 Å². The number of hydrogen-bond acceptors (Lipinski definition) is 6. The van der Waals surface area contributed by atoms with Crippen LogP contribution in [-0.4, -0.2) is 29.4 Å². The van der Waals surface area contributed by atoms with Gasteiger partial charge in [-0.1, -0.05) is 6.07 Å². The Hall–Kier alpha value is -2.45. The summed E-state index contributed by atoms with van der Waals surface area (Å²) in [5.74, 6) is 0.436. The second-order valence-electron chi connectivity index (χ2n) is 4.44. The van der Waals surface area contributed by atoms with Crippen molar-refractivity contribution in [2.45, 2.75) is 0 Å². The van der Waals surface area contributed by atoms with E-state index in [-0.39, 0.29) is 6.03 Å². The van der Waals surface area contributed by atoms with Crippen LogP contribution in [0.4, 0.5) is 9.80 Å². The van der Waals surface area contributed by atoms with Gasteiger partial charge in [-0.3, -0.25) is 5.32 Å². The lowest BCUT2D eigenvalue weighted by atomic mass is 10.3. The summed E-state index contributed by atoms with van der Waals surface area (Å²) in [4.78, 5) is 12.7. The molecule has 0 atom stereocenters. The van der Waals surface area contributed by atoms with E-state index in [0.29, 0.717) is 19.0 Å². The third kappa shape index (κ3) is 4.51. The summed E-state index contributed by atoms with van der Waals surface area (Å²) >= 11 is 3.08. The van der Waals surface area contributed by atoms with Crippen molar-refractivity contribution in [3.05, 3.63) is 47.2 Å². The van der Waals surface area contributed by atoms with Gasteiger partial charge in [0.1, 0.15) is 12.3 Å². The first-order valence-electron chi connectivity index (χ1n) is 6.90. The zero-order valence-electron chi connectivity index (χ0n) is 12.1. The smallest absolute Gasteiger partial charge is 0.319 e. The number of carbonyl (C=O) groups is 1. The van der Waals surface area contributed by atoms with E-state index < -0.39 is 0 Å². The Balaban J connectivity index is 1.39. The number of aromatic nitrogens is 2. The number of nitrogens with one attached hydrogen (secondary N) is 2. The topological polar surface area (TPSA) is 76.1 Å². The zero-order chi connectivity index (χ0) is 15.9. The molecule has 0 radical (unpaired) electrons. The Labute approximate surface area is 141 Å². The van der Waals surface area contributed by atoms with E-state index >= 15 is 0 Å². The fourth-order valence-corrected chi connectivity index (χ4v) is 3.08. The highest BCUT2D eigenvalue weighted by Crippen LogP contribution is 2.22. The fraction of sp³-hybridized carbons (Fsp3) is 0.133.